The van der Waals surface area contributed by atoms with Crippen LogP contribution >= 0.6 is 23.5 Å². The zero-order valence-electron chi connectivity index (χ0n) is 11.6. The molecule has 0 fully saturated rings. The highest BCUT2D eigenvalue weighted by molar-refractivity contribution is 7.99. The van der Waals surface area contributed by atoms with Crippen LogP contribution in [-0.4, -0.2) is 21.5 Å². The second-order valence-electron chi connectivity index (χ2n) is 4.34. The summed E-state index contributed by atoms with van der Waals surface area (Å²) in [4.78, 5) is 11.7. The monoisotopic (exact) mass is 300 g/mol. The summed E-state index contributed by atoms with van der Waals surface area (Å²) >= 11 is 3.71. The fourth-order valence-corrected chi connectivity index (χ4v) is 3.92. The molecular formula is C16H16N2S2. The second kappa shape index (κ2) is 6.02. The summed E-state index contributed by atoms with van der Waals surface area (Å²) in [5.41, 5.74) is 2.03. The van der Waals surface area contributed by atoms with Gasteiger partial charge in [0.1, 0.15) is 0 Å². The Morgan fingerprint density at radius 2 is 1.20 bits per heavy atom. The van der Waals surface area contributed by atoms with E-state index < -0.39 is 0 Å². The van der Waals surface area contributed by atoms with Crippen molar-refractivity contribution in [3.8, 4) is 0 Å². The van der Waals surface area contributed by atoms with Crippen LogP contribution in [0.5, 0.6) is 0 Å². The number of fused-ring (bicyclic) bond motifs is 3. The van der Waals surface area contributed by atoms with Crippen LogP contribution in [0.4, 0.5) is 0 Å². The Labute approximate surface area is 127 Å². The summed E-state index contributed by atoms with van der Waals surface area (Å²) < 4.78 is 0. The van der Waals surface area contributed by atoms with Crippen molar-refractivity contribution in [2.45, 2.75) is 23.6 Å². The Morgan fingerprint density at radius 3 is 1.60 bits per heavy atom. The highest BCUT2D eigenvalue weighted by Crippen LogP contribution is 2.33. The van der Waals surface area contributed by atoms with Crippen LogP contribution in [-0.2, 0) is 0 Å². The van der Waals surface area contributed by atoms with Gasteiger partial charge in [-0.2, -0.15) is 0 Å². The Kier molecular flexibility index (Phi) is 4.13. The van der Waals surface area contributed by atoms with Crippen molar-refractivity contribution in [1.29, 1.82) is 0 Å². The average Bonchev–Trinajstić information content (AvgIpc) is 2.48. The van der Waals surface area contributed by atoms with Gasteiger partial charge in [0, 0.05) is 33.0 Å². The van der Waals surface area contributed by atoms with Crippen LogP contribution in [0.15, 0.2) is 46.5 Å². The van der Waals surface area contributed by atoms with Crippen LogP contribution in [0, 0.1) is 0 Å². The quantitative estimate of drug-likeness (QED) is 0.500. The number of hydrogen-bond donors (Lipinski definition) is 0. The number of thioether (sulfide) groups is 2. The van der Waals surface area contributed by atoms with Crippen LogP contribution < -0.4 is 0 Å². The molecule has 0 aliphatic heterocycles. The number of nitrogens with zero attached hydrogens (tertiary/aromatic N) is 2. The summed E-state index contributed by atoms with van der Waals surface area (Å²) in [6, 6.07) is 8.55. The maximum atomic E-state index is 4.57. The SMILES string of the molecule is CCSc1ccnc2c1ccc1c(SCC)ccnc12. The fourth-order valence-electron chi connectivity index (χ4n) is 2.34. The van der Waals surface area contributed by atoms with E-state index in [-0.39, 0.29) is 0 Å². The Bertz CT molecular complexity index is 691. The molecule has 0 saturated carbocycles. The highest BCUT2D eigenvalue weighted by Gasteiger charge is 2.09. The number of rotatable bonds is 4. The van der Waals surface area contributed by atoms with Gasteiger partial charge in [-0.15, -0.1) is 23.5 Å². The van der Waals surface area contributed by atoms with Gasteiger partial charge in [-0.05, 0) is 23.6 Å². The first-order chi connectivity index (χ1) is 9.85. The van der Waals surface area contributed by atoms with Gasteiger partial charge in [-0.3, -0.25) is 9.97 Å². The Hall–Kier alpha value is -1.26. The van der Waals surface area contributed by atoms with Gasteiger partial charge in [0.15, 0.2) is 0 Å². The molecule has 2 nitrogen and oxygen atoms in total. The van der Waals surface area contributed by atoms with E-state index in [9.17, 15) is 0 Å². The first-order valence-corrected chi connectivity index (χ1v) is 8.74. The lowest BCUT2D eigenvalue weighted by molar-refractivity contribution is 1.31. The maximum Gasteiger partial charge on any atom is 0.0976 e. The summed E-state index contributed by atoms with van der Waals surface area (Å²) in [7, 11) is 0. The molecule has 0 unspecified atom stereocenters. The Morgan fingerprint density at radius 1 is 0.750 bits per heavy atom. The minimum absolute atomic E-state index is 1.01. The molecule has 102 valence electrons. The fraction of sp³-hybridized carbons (Fsp3) is 0.250. The lowest BCUT2D eigenvalue weighted by Crippen LogP contribution is -1.89. The Balaban J connectivity index is 2.31. The number of benzene rings is 1. The zero-order valence-corrected chi connectivity index (χ0v) is 13.2. The second-order valence-corrected chi connectivity index (χ2v) is 6.95. The molecule has 0 amide bonds. The maximum absolute atomic E-state index is 4.57. The molecule has 0 aliphatic rings. The molecule has 0 aliphatic carbocycles. The van der Waals surface area contributed by atoms with E-state index in [0.29, 0.717) is 0 Å². The summed E-state index contributed by atoms with van der Waals surface area (Å²) in [6.45, 7) is 4.35. The summed E-state index contributed by atoms with van der Waals surface area (Å²) in [5.74, 6) is 2.13. The molecule has 0 bridgehead atoms. The molecule has 2 aromatic heterocycles. The van der Waals surface area contributed by atoms with E-state index in [2.05, 4.69) is 48.1 Å². The minimum atomic E-state index is 1.01. The van der Waals surface area contributed by atoms with E-state index >= 15 is 0 Å². The van der Waals surface area contributed by atoms with Crippen molar-refractivity contribution in [2.75, 3.05) is 11.5 Å². The summed E-state index contributed by atoms with van der Waals surface area (Å²) in [6.07, 6.45) is 3.78. The standard InChI is InChI=1S/C16H16N2S2/c1-3-19-13-7-9-17-15-11(13)5-6-12-14(20-4-2)8-10-18-16(12)15/h5-10H,3-4H2,1-2H3. The lowest BCUT2D eigenvalue weighted by Gasteiger charge is -2.09. The third-order valence-electron chi connectivity index (χ3n) is 3.14. The zero-order chi connectivity index (χ0) is 13.9. The van der Waals surface area contributed by atoms with Crippen molar-refractivity contribution in [2.24, 2.45) is 0 Å². The van der Waals surface area contributed by atoms with E-state index in [4.69, 9.17) is 0 Å². The van der Waals surface area contributed by atoms with Crippen LogP contribution in [0.3, 0.4) is 0 Å². The summed E-state index contributed by atoms with van der Waals surface area (Å²) in [5, 5.41) is 2.41. The lowest BCUT2D eigenvalue weighted by atomic mass is 10.1. The van der Waals surface area contributed by atoms with E-state index in [1.807, 2.05) is 35.9 Å². The highest BCUT2D eigenvalue weighted by atomic mass is 32.2. The molecule has 4 heteroatoms. The largest absolute Gasteiger partial charge is 0.254 e. The molecule has 3 aromatic rings. The van der Waals surface area contributed by atoms with Crippen molar-refractivity contribution in [3.05, 3.63) is 36.7 Å². The van der Waals surface area contributed by atoms with Gasteiger partial charge in [-0.1, -0.05) is 26.0 Å². The molecular weight excluding hydrogens is 284 g/mol. The van der Waals surface area contributed by atoms with Crippen LogP contribution in [0.1, 0.15) is 13.8 Å². The molecule has 0 N–H and O–H groups in total. The van der Waals surface area contributed by atoms with Crippen molar-refractivity contribution in [1.82, 2.24) is 9.97 Å². The first-order valence-electron chi connectivity index (χ1n) is 6.77. The minimum Gasteiger partial charge on any atom is -0.254 e. The van der Waals surface area contributed by atoms with Crippen molar-refractivity contribution < 1.29 is 0 Å². The van der Waals surface area contributed by atoms with Gasteiger partial charge in [-0.25, -0.2) is 0 Å². The smallest absolute Gasteiger partial charge is 0.0976 e. The van der Waals surface area contributed by atoms with Crippen LogP contribution in [0.25, 0.3) is 21.8 Å². The molecule has 1 aromatic carbocycles. The normalized spacial score (nSPS) is 11.3. The van der Waals surface area contributed by atoms with Crippen LogP contribution in [0.2, 0.25) is 0 Å². The number of pyridine rings is 2. The van der Waals surface area contributed by atoms with Gasteiger partial charge in [0.05, 0.1) is 11.0 Å². The third-order valence-corrected chi connectivity index (χ3v) is 5.05. The van der Waals surface area contributed by atoms with Gasteiger partial charge >= 0.3 is 0 Å². The van der Waals surface area contributed by atoms with Crippen molar-refractivity contribution in [3.63, 3.8) is 0 Å². The van der Waals surface area contributed by atoms with E-state index in [1.165, 1.54) is 20.6 Å². The predicted molar refractivity (Wildman–Crippen MR) is 89.8 cm³/mol. The third kappa shape index (κ3) is 2.38. The molecule has 3 rings (SSSR count). The van der Waals surface area contributed by atoms with Crippen molar-refractivity contribution >= 4 is 45.3 Å². The molecule has 20 heavy (non-hydrogen) atoms. The van der Waals surface area contributed by atoms with Gasteiger partial charge in [0.2, 0.25) is 0 Å². The van der Waals surface area contributed by atoms with Gasteiger partial charge < -0.3 is 0 Å². The number of aromatic nitrogens is 2. The van der Waals surface area contributed by atoms with E-state index in [1.54, 1.807) is 0 Å². The molecule has 0 saturated heterocycles. The first kappa shape index (κ1) is 13.7. The number of hydrogen-bond acceptors (Lipinski definition) is 4. The molecule has 0 spiro atoms. The molecule has 0 atom stereocenters. The van der Waals surface area contributed by atoms with E-state index in [0.717, 1.165) is 22.5 Å². The topological polar surface area (TPSA) is 25.8 Å². The predicted octanol–water partition coefficient (Wildman–Crippen LogP) is 5.01. The average molecular weight is 300 g/mol. The molecule has 0 radical (unpaired) electrons. The molecule has 2 heterocycles. The van der Waals surface area contributed by atoms with Gasteiger partial charge in [0.25, 0.3) is 0 Å².